The third kappa shape index (κ3) is 3.92. The molecular weight excluding hydrogens is 317 g/mol. The highest BCUT2D eigenvalue weighted by Gasteiger charge is 2.29. The van der Waals surface area contributed by atoms with E-state index in [1.807, 2.05) is 0 Å². The van der Waals surface area contributed by atoms with Gasteiger partial charge in [0.25, 0.3) is 0 Å². The Bertz CT molecular complexity index is 474. The van der Waals surface area contributed by atoms with Gasteiger partial charge in [-0.25, -0.2) is 9.18 Å². The minimum atomic E-state index is -0.930. The summed E-state index contributed by atoms with van der Waals surface area (Å²) in [6.07, 6.45) is -0.930. The van der Waals surface area contributed by atoms with E-state index in [9.17, 15) is 14.0 Å². The monoisotopic (exact) mass is 329 g/mol. The third-order valence-corrected chi connectivity index (χ3v) is 3.22. The molecule has 0 saturated carbocycles. The van der Waals surface area contributed by atoms with Gasteiger partial charge in [-0.15, -0.1) is 0 Å². The van der Waals surface area contributed by atoms with Crippen LogP contribution in [0.2, 0.25) is 0 Å². The van der Waals surface area contributed by atoms with Crippen molar-refractivity contribution in [1.29, 1.82) is 0 Å². The highest BCUT2D eigenvalue weighted by Crippen LogP contribution is 2.14. The van der Waals surface area contributed by atoms with E-state index in [1.54, 1.807) is 24.3 Å². The summed E-state index contributed by atoms with van der Waals surface area (Å²) >= 11 is 3.29. The molecule has 5 nitrogen and oxygen atoms in total. The molecule has 3 amide bonds. The van der Waals surface area contributed by atoms with Gasteiger partial charge in [-0.05, 0) is 24.3 Å². The number of urea groups is 1. The summed E-state index contributed by atoms with van der Waals surface area (Å²) in [5, 5.41) is 5.03. The predicted octanol–water partition coefficient (Wildman–Crippen LogP) is 1.75. The molecule has 1 saturated heterocycles. The van der Waals surface area contributed by atoms with Crippen molar-refractivity contribution in [2.45, 2.75) is 6.17 Å². The van der Waals surface area contributed by atoms with Crippen LogP contribution in [0, 0.1) is 0 Å². The van der Waals surface area contributed by atoms with Gasteiger partial charge in [0.2, 0.25) is 5.91 Å². The van der Waals surface area contributed by atoms with Crippen LogP contribution in [0.4, 0.5) is 14.9 Å². The molecule has 1 aliphatic rings. The molecule has 2 N–H and O–H groups in total. The summed E-state index contributed by atoms with van der Waals surface area (Å²) in [7, 11) is 0. The van der Waals surface area contributed by atoms with Crippen LogP contribution in [-0.4, -0.2) is 42.6 Å². The van der Waals surface area contributed by atoms with E-state index in [2.05, 4.69) is 26.6 Å². The number of halogens is 2. The van der Waals surface area contributed by atoms with E-state index in [4.69, 9.17) is 0 Å². The Balaban J connectivity index is 1.72. The van der Waals surface area contributed by atoms with Crippen LogP contribution in [0.25, 0.3) is 0 Å². The lowest BCUT2D eigenvalue weighted by molar-refractivity contribution is -0.136. The number of alkyl halides is 1. The summed E-state index contributed by atoms with van der Waals surface area (Å²) in [4.78, 5) is 24.4. The Morgan fingerprint density at radius 2 is 1.95 bits per heavy atom. The van der Waals surface area contributed by atoms with E-state index in [0.29, 0.717) is 5.69 Å². The van der Waals surface area contributed by atoms with Crippen LogP contribution in [0.3, 0.4) is 0 Å². The quantitative estimate of drug-likeness (QED) is 0.887. The number of hydrogen-bond donors (Lipinski definition) is 2. The van der Waals surface area contributed by atoms with Gasteiger partial charge < -0.3 is 15.5 Å². The Hall–Kier alpha value is -1.63. The van der Waals surface area contributed by atoms with E-state index < -0.39 is 12.2 Å². The van der Waals surface area contributed by atoms with Crippen LogP contribution in [0.5, 0.6) is 0 Å². The first-order valence-corrected chi connectivity index (χ1v) is 6.56. The summed E-state index contributed by atoms with van der Waals surface area (Å²) in [6, 6.07) is 6.58. The highest BCUT2D eigenvalue weighted by atomic mass is 79.9. The van der Waals surface area contributed by atoms with Crippen LogP contribution >= 0.6 is 15.9 Å². The number of nitrogens with one attached hydrogen (secondary N) is 2. The average Bonchev–Trinajstić information content (AvgIpc) is 2.35. The molecule has 2 rings (SSSR count). The lowest BCUT2D eigenvalue weighted by Gasteiger charge is -2.34. The van der Waals surface area contributed by atoms with Gasteiger partial charge >= 0.3 is 6.03 Å². The lowest BCUT2D eigenvalue weighted by atomic mass is 10.2. The number of rotatable bonds is 3. The molecule has 1 fully saturated rings. The Kier molecular flexibility index (Phi) is 4.36. The van der Waals surface area contributed by atoms with Crippen LogP contribution < -0.4 is 10.6 Å². The lowest BCUT2D eigenvalue weighted by Crippen LogP contribution is -2.54. The van der Waals surface area contributed by atoms with Crippen molar-refractivity contribution in [3.8, 4) is 0 Å². The van der Waals surface area contributed by atoms with Gasteiger partial charge in [0.05, 0.1) is 19.6 Å². The fourth-order valence-corrected chi connectivity index (χ4v) is 1.87. The van der Waals surface area contributed by atoms with E-state index in [1.165, 1.54) is 4.90 Å². The minimum absolute atomic E-state index is 0.120. The SMILES string of the molecule is O=C(NCC(=O)N1CC(F)C1)Nc1ccc(Br)cc1. The molecule has 0 unspecified atom stereocenters. The van der Waals surface area contributed by atoms with Gasteiger partial charge in [0.1, 0.15) is 6.17 Å². The summed E-state index contributed by atoms with van der Waals surface area (Å²) in [5.41, 5.74) is 0.626. The number of likely N-dealkylation sites (tertiary alicyclic amines) is 1. The zero-order chi connectivity index (χ0) is 13.8. The fourth-order valence-electron chi connectivity index (χ4n) is 1.60. The highest BCUT2D eigenvalue weighted by molar-refractivity contribution is 9.10. The Morgan fingerprint density at radius 3 is 2.53 bits per heavy atom. The number of amides is 3. The Morgan fingerprint density at radius 1 is 1.32 bits per heavy atom. The second-order valence-corrected chi connectivity index (χ2v) is 5.13. The maximum atomic E-state index is 12.5. The first kappa shape index (κ1) is 13.8. The van der Waals surface area contributed by atoms with Gasteiger partial charge in [-0.2, -0.15) is 0 Å². The van der Waals surface area contributed by atoms with Gasteiger partial charge in [-0.3, -0.25) is 4.79 Å². The molecule has 1 aromatic carbocycles. The van der Waals surface area contributed by atoms with Gasteiger partial charge in [-0.1, -0.05) is 15.9 Å². The number of hydrogen-bond acceptors (Lipinski definition) is 2. The molecule has 0 aliphatic carbocycles. The minimum Gasteiger partial charge on any atom is -0.335 e. The summed E-state index contributed by atoms with van der Waals surface area (Å²) in [6.45, 7) is 0.110. The van der Waals surface area contributed by atoms with Crippen molar-refractivity contribution in [3.63, 3.8) is 0 Å². The predicted molar refractivity (Wildman–Crippen MR) is 72.6 cm³/mol. The van der Waals surface area contributed by atoms with Crippen molar-refractivity contribution in [2.24, 2.45) is 0 Å². The topological polar surface area (TPSA) is 61.4 Å². The zero-order valence-electron chi connectivity index (χ0n) is 10.0. The standard InChI is InChI=1S/C12H13BrFN3O2/c13-8-1-3-10(4-2-8)16-12(19)15-5-11(18)17-6-9(14)7-17/h1-4,9H,5-7H2,(H2,15,16,19). The molecular formula is C12H13BrFN3O2. The first-order chi connectivity index (χ1) is 9.04. The van der Waals surface area contributed by atoms with Crippen molar-refractivity contribution < 1.29 is 14.0 Å². The number of anilines is 1. The molecule has 19 heavy (non-hydrogen) atoms. The molecule has 7 heteroatoms. The van der Waals surface area contributed by atoms with E-state index >= 15 is 0 Å². The van der Waals surface area contributed by atoms with Crippen LogP contribution in [0.15, 0.2) is 28.7 Å². The normalized spacial score (nSPS) is 14.7. The summed E-state index contributed by atoms with van der Waals surface area (Å²) < 4.78 is 13.5. The maximum Gasteiger partial charge on any atom is 0.319 e. The van der Waals surface area contributed by atoms with Crippen molar-refractivity contribution in [3.05, 3.63) is 28.7 Å². The molecule has 0 aromatic heterocycles. The fraction of sp³-hybridized carbons (Fsp3) is 0.333. The molecule has 1 heterocycles. The molecule has 0 atom stereocenters. The molecule has 0 spiro atoms. The number of benzene rings is 1. The van der Waals surface area contributed by atoms with Gasteiger partial charge in [0.15, 0.2) is 0 Å². The van der Waals surface area contributed by atoms with Gasteiger partial charge in [0, 0.05) is 10.2 Å². The second kappa shape index (κ2) is 6.01. The van der Waals surface area contributed by atoms with Crippen molar-refractivity contribution in [1.82, 2.24) is 10.2 Å². The maximum absolute atomic E-state index is 12.5. The molecule has 1 aliphatic heterocycles. The number of carbonyl (C=O) groups excluding carboxylic acids is 2. The molecule has 1 aromatic rings. The number of carbonyl (C=O) groups is 2. The smallest absolute Gasteiger partial charge is 0.319 e. The Labute approximate surface area is 118 Å². The van der Waals surface area contributed by atoms with E-state index in [-0.39, 0.29) is 25.5 Å². The zero-order valence-corrected chi connectivity index (χ0v) is 11.6. The molecule has 102 valence electrons. The van der Waals surface area contributed by atoms with Crippen molar-refractivity contribution in [2.75, 3.05) is 25.0 Å². The second-order valence-electron chi connectivity index (χ2n) is 4.21. The van der Waals surface area contributed by atoms with Crippen LogP contribution in [-0.2, 0) is 4.79 Å². The molecule has 0 radical (unpaired) electrons. The van der Waals surface area contributed by atoms with E-state index in [0.717, 1.165) is 4.47 Å². The molecule has 0 bridgehead atoms. The third-order valence-electron chi connectivity index (χ3n) is 2.69. The van der Waals surface area contributed by atoms with Crippen LogP contribution in [0.1, 0.15) is 0 Å². The number of nitrogens with zero attached hydrogens (tertiary/aromatic N) is 1. The average molecular weight is 330 g/mol. The summed E-state index contributed by atoms with van der Waals surface area (Å²) in [5.74, 6) is -0.278. The largest absolute Gasteiger partial charge is 0.335 e. The van der Waals surface area contributed by atoms with Crippen molar-refractivity contribution >= 4 is 33.6 Å². The first-order valence-electron chi connectivity index (χ1n) is 5.77.